The molecule has 1 aromatic heterocycles. The number of benzene rings is 3. The Hall–Kier alpha value is -3.72. The first-order valence-corrected chi connectivity index (χ1v) is 14.1. The normalized spacial score (nSPS) is 13.0. The molecule has 37 heavy (non-hydrogen) atoms. The van der Waals surface area contributed by atoms with Gasteiger partial charge in [-0.25, -0.2) is 0 Å². The van der Waals surface area contributed by atoms with E-state index in [1.54, 1.807) is 28.9 Å². The molecule has 1 unspecified atom stereocenters. The van der Waals surface area contributed by atoms with E-state index in [0.717, 1.165) is 43.2 Å². The van der Waals surface area contributed by atoms with Gasteiger partial charge in [-0.3, -0.25) is 0 Å². The maximum atomic E-state index is 13.0. The van der Waals surface area contributed by atoms with Gasteiger partial charge in [0.25, 0.3) is 10.0 Å². The van der Waals surface area contributed by atoms with Crippen LogP contribution in [0.3, 0.4) is 0 Å². The van der Waals surface area contributed by atoms with Crippen molar-refractivity contribution in [2.24, 2.45) is 5.10 Å². The molecule has 0 saturated heterocycles. The lowest BCUT2D eigenvalue weighted by molar-refractivity contribution is 0.185. The number of rotatable bonds is 13. The van der Waals surface area contributed by atoms with Gasteiger partial charge in [-0.2, -0.15) is 23.0 Å². The molecule has 0 amide bonds. The Morgan fingerprint density at radius 2 is 1.65 bits per heavy atom. The van der Waals surface area contributed by atoms with Crippen LogP contribution < -0.4 is 9.57 Å². The van der Waals surface area contributed by atoms with Gasteiger partial charge < -0.3 is 4.74 Å². The van der Waals surface area contributed by atoms with E-state index in [2.05, 4.69) is 27.2 Å². The molecule has 0 aliphatic rings. The van der Waals surface area contributed by atoms with Crippen molar-refractivity contribution >= 4 is 26.8 Å². The van der Waals surface area contributed by atoms with E-state index in [1.807, 2.05) is 61.5 Å². The molecule has 0 aliphatic carbocycles. The number of hydrazone groups is 1. The fraction of sp³-hybridized carbons (Fsp3) is 0.321. The smallest absolute Gasteiger partial charge is 0.276 e. The van der Waals surface area contributed by atoms with Gasteiger partial charge in [-0.05, 0) is 56.2 Å². The molecule has 8 nitrogen and oxygen atoms in total. The molecule has 9 heteroatoms. The van der Waals surface area contributed by atoms with Gasteiger partial charge in [0.15, 0.2) is 0 Å². The summed E-state index contributed by atoms with van der Waals surface area (Å²) in [4.78, 5) is 2.59. The number of aryl methyl sites for hydroxylation is 1. The maximum Gasteiger partial charge on any atom is 0.276 e. The minimum absolute atomic E-state index is 0.149. The largest absolute Gasteiger partial charge is 0.463 e. The number of hydrogen-bond acceptors (Lipinski definition) is 6. The van der Waals surface area contributed by atoms with E-state index in [-0.39, 0.29) is 4.90 Å². The average molecular weight is 520 g/mol. The molecule has 3 aromatic carbocycles. The van der Waals surface area contributed by atoms with Crippen molar-refractivity contribution in [2.75, 3.05) is 0 Å². The van der Waals surface area contributed by atoms with E-state index in [1.165, 1.54) is 0 Å². The zero-order valence-electron chi connectivity index (χ0n) is 21.2. The zero-order chi connectivity index (χ0) is 26.1. The summed E-state index contributed by atoms with van der Waals surface area (Å²) in [5.74, 6) is 0.618. The third-order valence-corrected chi connectivity index (χ3v) is 7.28. The van der Waals surface area contributed by atoms with Crippen molar-refractivity contribution in [1.29, 1.82) is 0 Å². The Bertz CT molecular complexity index is 1420. The minimum atomic E-state index is -3.87. The first-order valence-electron chi connectivity index (χ1n) is 12.6. The molecule has 0 radical (unpaired) electrons. The van der Waals surface area contributed by atoms with Gasteiger partial charge in [-0.1, -0.05) is 85.8 Å². The molecule has 4 rings (SSSR count). The predicted octanol–water partition coefficient (Wildman–Crippen LogP) is 6.01. The molecule has 0 spiro atoms. The van der Waals surface area contributed by atoms with Crippen LogP contribution in [-0.2, 0) is 10.0 Å². The highest BCUT2D eigenvalue weighted by Gasteiger charge is 2.25. The Kier molecular flexibility index (Phi) is 8.90. The number of sulfonamides is 1. The quantitative estimate of drug-likeness (QED) is 0.132. The Morgan fingerprint density at radius 1 is 0.946 bits per heavy atom. The lowest BCUT2D eigenvalue weighted by Gasteiger charge is -2.22. The van der Waals surface area contributed by atoms with Crippen molar-refractivity contribution in [3.8, 4) is 5.75 Å². The van der Waals surface area contributed by atoms with Gasteiger partial charge in [0, 0.05) is 0 Å². The molecular weight excluding hydrogens is 486 g/mol. The number of nitrogens with zero attached hydrogens (tertiary/aromatic N) is 4. The van der Waals surface area contributed by atoms with Crippen LogP contribution in [0.15, 0.2) is 88.9 Å². The summed E-state index contributed by atoms with van der Waals surface area (Å²) in [6, 6.07) is 23.6. The van der Waals surface area contributed by atoms with Crippen LogP contribution in [0.1, 0.15) is 57.2 Å². The second kappa shape index (κ2) is 12.5. The summed E-state index contributed by atoms with van der Waals surface area (Å²) >= 11 is 0. The van der Waals surface area contributed by atoms with Gasteiger partial charge in [0.1, 0.15) is 17.0 Å². The predicted molar refractivity (Wildman–Crippen MR) is 146 cm³/mol. The average Bonchev–Trinajstić information content (AvgIpc) is 3.34. The van der Waals surface area contributed by atoms with Crippen LogP contribution in [0.4, 0.5) is 0 Å². The molecule has 0 fully saturated rings. The number of ether oxygens (including phenoxy) is 1. The fourth-order valence-electron chi connectivity index (χ4n) is 3.98. The highest BCUT2D eigenvalue weighted by Crippen LogP contribution is 2.24. The summed E-state index contributed by atoms with van der Waals surface area (Å²) in [5, 5.41) is 13.1. The van der Waals surface area contributed by atoms with Crippen LogP contribution in [0.25, 0.3) is 11.0 Å². The van der Waals surface area contributed by atoms with Crippen LogP contribution in [0, 0.1) is 6.92 Å². The molecule has 1 N–H and O–H groups in total. The number of fused-ring (bicyclic) bond motifs is 1. The topological polar surface area (TPSA) is 98.5 Å². The van der Waals surface area contributed by atoms with Gasteiger partial charge in [0.05, 0.1) is 10.4 Å². The van der Waals surface area contributed by atoms with Crippen LogP contribution >= 0.6 is 0 Å². The zero-order valence-corrected chi connectivity index (χ0v) is 22.1. The Morgan fingerprint density at radius 3 is 2.41 bits per heavy atom. The molecule has 1 heterocycles. The maximum absolute atomic E-state index is 13.0. The van der Waals surface area contributed by atoms with Crippen molar-refractivity contribution in [3.63, 3.8) is 0 Å². The monoisotopic (exact) mass is 519 g/mol. The van der Waals surface area contributed by atoms with Crippen molar-refractivity contribution < 1.29 is 13.2 Å². The highest BCUT2D eigenvalue weighted by atomic mass is 32.2. The molecule has 194 valence electrons. The lowest BCUT2D eigenvalue weighted by Crippen LogP contribution is -2.30. The van der Waals surface area contributed by atoms with Gasteiger partial charge in [0.2, 0.25) is 6.23 Å². The van der Waals surface area contributed by atoms with Gasteiger partial charge in [-0.15, -0.1) is 5.10 Å². The number of aromatic nitrogens is 3. The van der Waals surface area contributed by atoms with Crippen molar-refractivity contribution in [3.05, 3.63) is 84.4 Å². The minimum Gasteiger partial charge on any atom is -0.463 e. The molecule has 0 aliphatic heterocycles. The number of unbranched alkanes of at least 4 members (excludes halogenated alkanes) is 4. The Labute approximate surface area is 218 Å². The van der Waals surface area contributed by atoms with E-state index >= 15 is 0 Å². The number of para-hydroxylation sites is 2. The second-order valence-corrected chi connectivity index (χ2v) is 10.6. The van der Waals surface area contributed by atoms with E-state index in [4.69, 9.17) is 4.74 Å². The van der Waals surface area contributed by atoms with E-state index in [9.17, 15) is 8.42 Å². The third kappa shape index (κ3) is 6.95. The summed E-state index contributed by atoms with van der Waals surface area (Å²) in [6.07, 6.45) is 5.00. The highest BCUT2D eigenvalue weighted by molar-refractivity contribution is 7.89. The van der Waals surface area contributed by atoms with Crippen molar-refractivity contribution in [1.82, 2.24) is 19.8 Å². The first kappa shape index (κ1) is 26.3. The molecule has 0 saturated carbocycles. The van der Waals surface area contributed by atoms with E-state index in [0.29, 0.717) is 23.4 Å². The standard InChI is InChI=1S/C28H33N5O3S/c1-3-4-5-6-10-16-26(30-32-37(34,35)24-20-18-22(2)19-21-24)28(36-23-13-8-7-9-14-23)33-27-17-12-11-15-25(27)29-31-33/h7-9,11-15,17-21,28,32H,3-6,10,16H2,1-2H3/b30-26+. The molecular formula is C28H33N5O3S. The van der Waals surface area contributed by atoms with Gasteiger partial charge >= 0.3 is 0 Å². The fourth-order valence-corrected chi connectivity index (χ4v) is 4.82. The Balaban J connectivity index is 1.71. The second-order valence-electron chi connectivity index (χ2n) is 8.98. The van der Waals surface area contributed by atoms with E-state index < -0.39 is 16.3 Å². The number of nitrogens with one attached hydrogen (secondary N) is 1. The third-order valence-electron chi connectivity index (χ3n) is 6.05. The summed E-state index contributed by atoms with van der Waals surface area (Å²) < 4.78 is 34.1. The van der Waals surface area contributed by atoms with Crippen LogP contribution in [-0.4, -0.2) is 29.1 Å². The number of hydrogen-bond donors (Lipinski definition) is 1. The van der Waals surface area contributed by atoms with Crippen LogP contribution in [0.5, 0.6) is 5.75 Å². The SMILES string of the molecule is CCCCCCC/C(=N\NS(=O)(=O)c1ccc(C)cc1)C(Oc1ccccc1)n1nnc2ccccc21. The lowest BCUT2D eigenvalue weighted by atomic mass is 10.1. The first-order chi connectivity index (χ1) is 18.0. The molecule has 0 bridgehead atoms. The molecule has 4 aromatic rings. The van der Waals surface area contributed by atoms with Crippen LogP contribution in [0.2, 0.25) is 0 Å². The van der Waals surface area contributed by atoms with Crippen molar-refractivity contribution in [2.45, 2.75) is 63.5 Å². The molecule has 1 atom stereocenters. The summed E-state index contributed by atoms with van der Waals surface area (Å²) in [7, 11) is -3.87. The summed E-state index contributed by atoms with van der Waals surface area (Å²) in [6.45, 7) is 4.08. The summed E-state index contributed by atoms with van der Waals surface area (Å²) in [5.41, 5.74) is 2.98.